The molecule has 4 nitrogen and oxygen atoms in total. The van der Waals surface area contributed by atoms with Gasteiger partial charge in [0.1, 0.15) is 5.75 Å². The van der Waals surface area contributed by atoms with Gasteiger partial charge in [-0.15, -0.1) is 0 Å². The zero-order chi connectivity index (χ0) is 15.6. The molecule has 0 bridgehead atoms. The Hall–Kier alpha value is -1.52. The topological polar surface area (TPSA) is 39.1 Å². The van der Waals surface area contributed by atoms with Gasteiger partial charge >= 0.3 is 0 Å². The lowest BCUT2D eigenvalue weighted by Gasteiger charge is -2.13. The molecule has 0 saturated heterocycles. The van der Waals surface area contributed by atoms with Crippen LogP contribution in [0.4, 0.5) is 0 Å². The second-order valence-electron chi connectivity index (χ2n) is 5.54. The maximum absolute atomic E-state index is 6.08. The minimum absolute atomic E-state index is 0.412. The van der Waals surface area contributed by atoms with Crippen LogP contribution in [0.5, 0.6) is 11.6 Å². The van der Waals surface area contributed by atoms with Crippen molar-refractivity contribution in [3.8, 4) is 11.6 Å². The van der Waals surface area contributed by atoms with Crippen molar-refractivity contribution in [3.63, 3.8) is 0 Å². The Morgan fingerprint density at radius 3 is 2.67 bits per heavy atom. The van der Waals surface area contributed by atoms with E-state index in [2.05, 4.69) is 24.3 Å². The Balaban J connectivity index is 2.30. The lowest BCUT2D eigenvalue weighted by atomic mass is 10.2. The fourth-order valence-electron chi connectivity index (χ4n) is 2.15. The Kier molecular flexibility index (Phi) is 4.91. The van der Waals surface area contributed by atoms with Crippen LogP contribution in [0.15, 0.2) is 18.2 Å². The molecule has 0 fully saturated rings. The summed E-state index contributed by atoms with van der Waals surface area (Å²) in [4.78, 5) is 0. The summed E-state index contributed by atoms with van der Waals surface area (Å²) in [7, 11) is 1.90. The summed E-state index contributed by atoms with van der Waals surface area (Å²) in [6.07, 6.45) is 0. The van der Waals surface area contributed by atoms with Crippen molar-refractivity contribution in [2.24, 2.45) is 7.05 Å². The van der Waals surface area contributed by atoms with E-state index in [9.17, 15) is 0 Å². The van der Waals surface area contributed by atoms with E-state index in [1.54, 1.807) is 4.68 Å². The summed E-state index contributed by atoms with van der Waals surface area (Å²) in [5.41, 5.74) is 3.07. The maximum atomic E-state index is 6.08. The molecule has 1 N–H and O–H groups in total. The number of benzene rings is 1. The monoisotopic (exact) mass is 307 g/mol. The van der Waals surface area contributed by atoms with Gasteiger partial charge in [0.25, 0.3) is 0 Å². The zero-order valence-corrected chi connectivity index (χ0v) is 14.0. The summed E-state index contributed by atoms with van der Waals surface area (Å²) < 4.78 is 7.86. The SMILES string of the molecule is Cc1cc(Cl)ccc1Oc1c(CNC(C)C)c(C)nn1C. The van der Waals surface area contributed by atoms with Crippen LogP contribution in [-0.2, 0) is 13.6 Å². The second kappa shape index (κ2) is 6.50. The van der Waals surface area contributed by atoms with Crippen molar-refractivity contribution in [3.05, 3.63) is 40.0 Å². The first kappa shape index (κ1) is 15.9. The predicted molar refractivity (Wildman–Crippen MR) is 86.2 cm³/mol. The van der Waals surface area contributed by atoms with E-state index in [1.807, 2.05) is 39.1 Å². The van der Waals surface area contributed by atoms with E-state index in [1.165, 1.54) is 0 Å². The first-order valence-electron chi connectivity index (χ1n) is 7.08. The van der Waals surface area contributed by atoms with Crippen molar-refractivity contribution in [1.82, 2.24) is 15.1 Å². The van der Waals surface area contributed by atoms with Crippen LogP contribution in [0.2, 0.25) is 5.02 Å². The molecule has 0 aliphatic carbocycles. The lowest BCUT2D eigenvalue weighted by molar-refractivity contribution is 0.420. The van der Waals surface area contributed by atoms with Crippen LogP contribution in [0.3, 0.4) is 0 Å². The molecular weight excluding hydrogens is 286 g/mol. The van der Waals surface area contributed by atoms with E-state index in [0.717, 1.165) is 35.0 Å². The number of nitrogens with zero attached hydrogens (tertiary/aromatic N) is 2. The average Bonchev–Trinajstić information content (AvgIpc) is 2.65. The smallest absolute Gasteiger partial charge is 0.222 e. The molecule has 0 unspecified atom stereocenters. The minimum atomic E-state index is 0.412. The van der Waals surface area contributed by atoms with Crippen LogP contribution < -0.4 is 10.1 Å². The molecule has 0 amide bonds. The van der Waals surface area contributed by atoms with Crippen molar-refractivity contribution in [2.45, 2.75) is 40.3 Å². The molecule has 21 heavy (non-hydrogen) atoms. The molecule has 2 rings (SSSR count). The molecule has 0 aliphatic rings. The molecule has 2 aromatic rings. The maximum Gasteiger partial charge on any atom is 0.222 e. The van der Waals surface area contributed by atoms with Crippen molar-refractivity contribution >= 4 is 11.6 Å². The van der Waals surface area contributed by atoms with Crippen molar-refractivity contribution in [1.29, 1.82) is 0 Å². The summed E-state index contributed by atoms with van der Waals surface area (Å²) >= 11 is 5.99. The molecule has 0 aliphatic heterocycles. The number of rotatable bonds is 5. The first-order chi connectivity index (χ1) is 9.88. The molecule has 1 aromatic carbocycles. The van der Waals surface area contributed by atoms with E-state index in [-0.39, 0.29) is 0 Å². The molecule has 1 heterocycles. The molecule has 0 spiro atoms. The van der Waals surface area contributed by atoms with Crippen LogP contribution in [0.1, 0.15) is 30.7 Å². The number of aromatic nitrogens is 2. The highest BCUT2D eigenvalue weighted by Crippen LogP contribution is 2.30. The molecule has 5 heteroatoms. The van der Waals surface area contributed by atoms with Gasteiger partial charge in [-0.1, -0.05) is 25.4 Å². The zero-order valence-electron chi connectivity index (χ0n) is 13.2. The van der Waals surface area contributed by atoms with Crippen LogP contribution in [-0.4, -0.2) is 15.8 Å². The van der Waals surface area contributed by atoms with Gasteiger partial charge in [-0.3, -0.25) is 0 Å². The quantitative estimate of drug-likeness (QED) is 0.908. The van der Waals surface area contributed by atoms with Crippen molar-refractivity contribution < 1.29 is 4.74 Å². The van der Waals surface area contributed by atoms with E-state index in [0.29, 0.717) is 11.1 Å². The highest BCUT2D eigenvalue weighted by atomic mass is 35.5. The van der Waals surface area contributed by atoms with Gasteiger partial charge in [-0.05, 0) is 37.6 Å². The third-order valence-electron chi connectivity index (χ3n) is 3.32. The Bertz CT molecular complexity index is 635. The van der Waals surface area contributed by atoms with E-state index in [4.69, 9.17) is 16.3 Å². The van der Waals surface area contributed by atoms with Gasteiger partial charge in [0.2, 0.25) is 5.88 Å². The highest BCUT2D eigenvalue weighted by molar-refractivity contribution is 6.30. The fraction of sp³-hybridized carbons (Fsp3) is 0.438. The third-order valence-corrected chi connectivity index (χ3v) is 3.55. The highest BCUT2D eigenvalue weighted by Gasteiger charge is 2.16. The number of nitrogens with one attached hydrogen (secondary N) is 1. The van der Waals surface area contributed by atoms with Gasteiger partial charge in [-0.2, -0.15) is 5.10 Å². The number of hydrogen-bond acceptors (Lipinski definition) is 3. The van der Waals surface area contributed by atoms with Gasteiger partial charge < -0.3 is 10.1 Å². The molecular formula is C16H22ClN3O. The van der Waals surface area contributed by atoms with Gasteiger partial charge in [-0.25, -0.2) is 4.68 Å². The first-order valence-corrected chi connectivity index (χ1v) is 7.46. The fourth-order valence-corrected chi connectivity index (χ4v) is 2.38. The van der Waals surface area contributed by atoms with Crippen LogP contribution in [0.25, 0.3) is 0 Å². The normalized spacial score (nSPS) is 11.2. The Morgan fingerprint density at radius 2 is 2.05 bits per heavy atom. The van der Waals surface area contributed by atoms with Crippen LogP contribution in [0, 0.1) is 13.8 Å². The summed E-state index contributed by atoms with van der Waals surface area (Å²) in [6.45, 7) is 8.96. The largest absolute Gasteiger partial charge is 0.439 e. The Morgan fingerprint density at radius 1 is 1.33 bits per heavy atom. The van der Waals surface area contributed by atoms with E-state index < -0.39 is 0 Å². The number of hydrogen-bond donors (Lipinski definition) is 1. The third kappa shape index (κ3) is 3.77. The average molecular weight is 308 g/mol. The number of aryl methyl sites for hydroxylation is 3. The summed E-state index contributed by atoms with van der Waals surface area (Å²) in [5, 5.41) is 8.58. The molecule has 1 aromatic heterocycles. The standard InChI is InChI=1S/C16H22ClN3O/c1-10(2)18-9-14-12(4)19-20(5)16(14)21-15-7-6-13(17)8-11(15)3/h6-8,10,18H,9H2,1-5H3. The number of halogens is 1. The second-order valence-corrected chi connectivity index (χ2v) is 5.98. The lowest BCUT2D eigenvalue weighted by Crippen LogP contribution is -2.22. The van der Waals surface area contributed by atoms with Gasteiger partial charge in [0, 0.05) is 24.7 Å². The van der Waals surface area contributed by atoms with Crippen LogP contribution >= 0.6 is 11.6 Å². The molecule has 114 valence electrons. The summed E-state index contributed by atoms with van der Waals surface area (Å²) in [5.74, 6) is 1.57. The van der Waals surface area contributed by atoms with Gasteiger partial charge in [0.05, 0.1) is 11.3 Å². The number of ether oxygens (including phenoxy) is 1. The predicted octanol–water partition coefficient (Wildman–Crippen LogP) is 3.98. The summed E-state index contributed by atoms with van der Waals surface area (Å²) in [6, 6.07) is 6.03. The van der Waals surface area contributed by atoms with Crippen molar-refractivity contribution in [2.75, 3.05) is 0 Å². The minimum Gasteiger partial charge on any atom is -0.439 e. The Labute approximate surface area is 131 Å². The molecule has 0 saturated carbocycles. The van der Waals surface area contributed by atoms with Gasteiger partial charge in [0.15, 0.2) is 0 Å². The molecule has 0 radical (unpaired) electrons. The van der Waals surface area contributed by atoms with E-state index >= 15 is 0 Å². The molecule has 0 atom stereocenters.